The van der Waals surface area contributed by atoms with Gasteiger partial charge in [-0.15, -0.1) is 11.6 Å². The van der Waals surface area contributed by atoms with Gasteiger partial charge in [0, 0.05) is 25.4 Å². The Hall–Kier alpha value is -1.23. The Bertz CT molecular complexity index is 340. The van der Waals surface area contributed by atoms with Crippen molar-refractivity contribution in [3.8, 4) is 0 Å². The summed E-state index contributed by atoms with van der Waals surface area (Å²) in [5.74, 6) is -2.16. The van der Waals surface area contributed by atoms with E-state index in [1.165, 1.54) is 13.8 Å². The van der Waals surface area contributed by atoms with Gasteiger partial charge in [-0.25, -0.2) is 9.59 Å². The second-order valence-corrected chi connectivity index (χ2v) is 4.60. The molecule has 0 amide bonds. The van der Waals surface area contributed by atoms with Crippen LogP contribution in [0.2, 0.25) is 0 Å². The molecule has 1 saturated heterocycles. The van der Waals surface area contributed by atoms with Crippen molar-refractivity contribution in [2.24, 2.45) is 5.73 Å². The Kier molecular flexibility index (Phi) is 4.40. The van der Waals surface area contributed by atoms with Gasteiger partial charge in [-0.1, -0.05) is 0 Å². The molecular weight excluding hydrogens is 246 g/mol. The molecule has 0 aromatic carbocycles. The van der Waals surface area contributed by atoms with Crippen molar-refractivity contribution in [2.45, 2.75) is 38.9 Å². The lowest BCUT2D eigenvalue weighted by molar-refractivity contribution is -0.222. The molecule has 17 heavy (non-hydrogen) atoms. The lowest BCUT2D eigenvalue weighted by Crippen LogP contribution is -2.42. The first-order valence-electron chi connectivity index (χ1n) is 5.38. The van der Waals surface area contributed by atoms with Crippen LogP contribution >= 0.6 is 11.6 Å². The minimum Gasteiger partial charge on any atom is -0.419 e. The normalized spacial score (nSPS) is 18.6. The number of carbonyl (C=O) groups excluding carboxylic acids is 2. The Balaban J connectivity index is 2.79. The number of hydrogen-bond donors (Lipinski definition) is 1. The standard InChI is InChI=1S/C11H16ClNO4/c1-11(2)16-9(14)8(10(15)17-11)7(13)5-3-4-6-12/h3-6,13H2,1-2H3. The molecule has 1 rings (SSSR count). The zero-order valence-electron chi connectivity index (χ0n) is 9.92. The van der Waals surface area contributed by atoms with Crippen molar-refractivity contribution in [3.63, 3.8) is 0 Å². The second-order valence-electron chi connectivity index (χ2n) is 4.23. The summed E-state index contributed by atoms with van der Waals surface area (Å²) < 4.78 is 9.88. The van der Waals surface area contributed by atoms with Crippen LogP contribution in [0.5, 0.6) is 0 Å². The Morgan fingerprint density at radius 2 is 1.76 bits per heavy atom. The molecule has 0 aromatic rings. The van der Waals surface area contributed by atoms with E-state index in [2.05, 4.69) is 0 Å². The first-order valence-corrected chi connectivity index (χ1v) is 5.92. The number of ether oxygens (including phenoxy) is 2. The van der Waals surface area contributed by atoms with Gasteiger partial charge in [-0.05, 0) is 19.3 Å². The third kappa shape index (κ3) is 3.63. The van der Waals surface area contributed by atoms with E-state index >= 15 is 0 Å². The number of unbranched alkanes of at least 4 members (excludes halogenated alkanes) is 1. The van der Waals surface area contributed by atoms with Gasteiger partial charge in [0.05, 0.1) is 0 Å². The van der Waals surface area contributed by atoms with Crippen molar-refractivity contribution >= 4 is 23.5 Å². The molecule has 0 saturated carbocycles. The maximum absolute atomic E-state index is 11.6. The third-order valence-electron chi connectivity index (χ3n) is 2.24. The van der Waals surface area contributed by atoms with Gasteiger partial charge in [0.1, 0.15) is 0 Å². The van der Waals surface area contributed by atoms with E-state index in [1.807, 2.05) is 0 Å². The van der Waals surface area contributed by atoms with Crippen LogP contribution in [0.1, 0.15) is 33.1 Å². The summed E-state index contributed by atoms with van der Waals surface area (Å²) in [4.78, 5) is 23.2. The van der Waals surface area contributed by atoms with Gasteiger partial charge in [-0.3, -0.25) is 0 Å². The molecule has 0 aliphatic carbocycles. The summed E-state index contributed by atoms with van der Waals surface area (Å²) in [5, 5.41) is 0. The second kappa shape index (κ2) is 5.40. The van der Waals surface area contributed by atoms with Crippen LogP contribution in [0.15, 0.2) is 11.3 Å². The number of alkyl halides is 1. The lowest BCUT2D eigenvalue weighted by Gasteiger charge is -2.30. The summed E-state index contributed by atoms with van der Waals surface area (Å²) in [6.07, 6.45) is 1.90. The fraction of sp³-hybridized carbons (Fsp3) is 0.636. The molecular formula is C11H16ClNO4. The monoisotopic (exact) mass is 261 g/mol. The zero-order valence-corrected chi connectivity index (χ0v) is 10.7. The predicted octanol–water partition coefficient (Wildman–Crippen LogP) is 1.44. The van der Waals surface area contributed by atoms with Gasteiger partial charge < -0.3 is 15.2 Å². The summed E-state index contributed by atoms with van der Waals surface area (Å²) in [6, 6.07) is 0. The summed E-state index contributed by atoms with van der Waals surface area (Å²) >= 11 is 5.53. The molecule has 0 spiro atoms. The molecule has 1 aliphatic heterocycles. The predicted molar refractivity (Wildman–Crippen MR) is 62.0 cm³/mol. The SMILES string of the molecule is CC1(C)OC(=O)C(=C(N)CCCCCl)C(=O)O1. The molecule has 0 aromatic heterocycles. The van der Waals surface area contributed by atoms with E-state index in [9.17, 15) is 9.59 Å². The average Bonchev–Trinajstić information content (AvgIpc) is 2.14. The first kappa shape index (κ1) is 13.8. The van der Waals surface area contributed by atoms with E-state index in [-0.39, 0.29) is 11.3 Å². The number of halogens is 1. The Morgan fingerprint density at radius 1 is 1.24 bits per heavy atom. The number of cyclic esters (lactones) is 2. The molecule has 0 unspecified atom stereocenters. The highest BCUT2D eigenvalue weighted by atomic mass is 35.5. The highest BCUT2D eigenvalue weighted by molar-refractivity contribution is 6.17. The largest absolute Gasteiger partial charge is 0.419 e. The van der Waals surface area contributed by atoms with Crippen molar-refractivity contribution in [3.05, 3.63) is 11.3 Å². The maximum atomic E-state index is 11.6. The van der Waals surface area contributed by atoms with Crippen molar-refractivity contribution in [1.29, 1.82) is 0 Å². The van der Waals surface area contributed by atoms with Crippen molar-refractivity contribution in [2.75, 3.05) is 5.88 Å². The quantitative estimate of drug-likeness (QED) is 0.272. The van der Waals surface area contributed by atoms with E-state index < -0.39 is 17.7 Å². The molecule has 0 atom stereocenters. The van der Waals surface area contributed by atoms with Gasteiger partial charge in [0.2, 0.25) is 0 Å². The molecule has 6 heteroatoms. The smallest absolute Gasteiger partial charge is 0.350 e. The van der Waals surface area contributed by atoms with E-state index in [1.54, 1.807) is 0 Å². The van der Waals surface area contributed by atoms with Gasteiger partial charge >= 0.3 is 11.9 Å². The molecule has 0 bridgehead atoms. The topological polar surface area (TPSA) is 78.6 Å². The Labute approximate surface area is 105 Å². The van der Waals surface area contributed by atoms with Crippen LogP contribution in [-0.2, 0) is 19.1 Å². The molecule has 2 N–H and O–H groups in total. The number of nitrogens with two attached hydrogens (primary N) is 1. The molecule has 1 aliphatic rings. The van der Waals surface area contributed by atoms with Gasteiger partial charge in [-0.2, -0.15) is 0 Å². The van der Waals surface area contributed by atoms with Crippen LogP contribution in [0, 0.1) is 0 Å². The van der Waals surface area contributed by atoms with Crippen LogP contribution < -0.4 is 5.73 Å². The fourth-order valence-corrected chi connectivity index (χ4v) is 1.64. The van der Waals surface area contributed by atoms with E-state index in [0.717, 1.165) is 6.42 Å². The summed E-state index contributed by atoms with van der Waals surface area (Å²) in [5.41, 5.74) is 5.69. The fourth-order valence-electron chi connectivity index (χ4n) is 1.45. The van der Waals surface area contributed by atoms with Crippen molar-refractivity contribution < 1.29 is 19.1 Å². The minimum atomic E-state index is -1.23. The first-order chi connectivity index (χ1) is 7.87. The third-order valence-corrected chi connectivity index (χ3v) is 2.50. The lowest BCUT2D eigenvalue weighted by atomic mass is 10.1. The minimum absolute atomic E-state index is 0.195. The number of esters is 2. The van der Waals surface area contributed by atoms with Crippen molar-refractivity contribution in [1.82, 2.24) is 0 Å². The average molecular weight is 262 g/mol. The molecule has 5 nitrogen and oxygen atoms in total. The highest BCUT2D eigenvalue weighted by Crippen LogP contribution is 2.24. The zero-order chi connectivity index (χ0) is 13.1. The number of hydrogen-bond acceptors (Lipinski definition) is 5. The van der Waals surface area contributed by atoms with Crippen LogP contribution in [0.25, 0.3) is 0 Å². The molecule has 0 radical (unpaired) electrons. The Morgan fingerprint density at radius 3 is 2.24 bits per heavy atom. The molecule has 96 valence electrons. The number of rotatable bonds is 4. The van der Waals surface area contributed by atoms with Crippen LogP contribution in [0.4, 0.5) is 0 Å². The summed E-state index contributed by atoms with van der Waals surface area (Å²) in [7, 11) is 0. The van der Waals surface area contributed by atoms with Gasteiger partial charge in [0.15, 0.2) is 5.57 Å². The highest BCUT2D eigenvalue weighted by Gasteiger charge is 2.40. The number of carbonyl (C=O) groups is 2. The molecule has 1 heterocycles. The molecule has 1 fully saturated rings. The van der Waals surface area contributed by atoms with Crippen LogP contribution in [-0.4, -0.2) is 23.6 Å². The number of allylic oxidation sites excluding steroid dienone is 1. The van der Waals surface area contributed by atoms with E-state index in [4.69, 9.17) is 26.8 Å². The van der Waals surface area contributed by atoms with Gasteiger partial charge in [0.25, 0.3) is 5.79 Å². The summed E-state index contributed by atoms with van der Waals surface area (Å²) in [6.45, 7) is 2.98. The van der Waals surface area contributed by atoms with Crippen LogP contribution in [0.3, 0.4) is 0 Å². The maximum Gasteiger partial charge on any atom is 0.350 e. The van der Waals surface area contributed by atoms with E-state index in [0.29, 0.717) is 18.7 Å².